The van der Waals surface area contributed by atoms with E-state index in [-0.39, 0.29) is 6.04 Å². The number of anilines is 1. The van der Waals surface area contributed by atoms with Gasteiger partial charge in [0.1, 0.15) is 0 Å². The van der Waals surface area contributed by atoms with Crippen molar-refractivity contribution in [2.24, 2.45) is 0 Å². The Hall–Kier alpha value is -0.770. The molecule has 0 saturated heterocycles. The quantitative estimate of drug-likeness (QED) is 0.831. The average Bonchev–Trinajstić information content (AvgIpc) is 2.35. The molecule has 3 nitrogen and oxygen atoms in total. The van der Waals surface area contributed by atoms with Crippen LogP contribution in [-0.4, -0.2) is 32.8 Å². The second-order valence-corrected chi connectivity index (χ2v) is 5.61. The Morgan fingerprint density at radius 1 is 1.32 bits per heavy atom. The van der Waals surface area contributed by atoms with Gasteiger partial charge in [-0.1, -0.05) is 37.6 Å². The molecule has 4 heteroatoms. The molecule has 1 aromatic carbocycles. The summed E-state index contributed by atoms with van der Waals surface area (Å²) in [5.41, 5.74) is 2.30. The van der Waals surface area contributed by atoms with Gasteiger partial charge in [0.2, 0.25) is 0 Å². The van der Waals surface area contributed by atoms with Crippen LogP contribution in [0.2, 0.25) is 5.02 Å². The van der Waals surface area contributed by atoms with Crippen LogP contribution in [0.4, 0.5) is 5.69 Å². The molecule has 1 aromatic rings. The van der Waals surface area contributed by atoms with Gasteiger partial charge in [-0.25, -0.2) is 0 Å². The van der Waals surface area contributed by atoms with E-state index in [2.05, 4.69) is 44.1 Å². The third-order valence-electron chi connectivity index (χ3n) is 3.19. The minimum Gasteiger partial charge on any atom is -0.383 e. The number of nitrogens with zero attached hydrogens (tertiary/aromatic N) is 1. The van der Waals surface area contributed by atoms with Crippen LogP contribution in [0.3, 0.4) is 0 Å². The summed E-state index contributed by atoms with van der Waals surface area (Å²) in [4.78, 5) is 2.18. The molecule has 1 N–H and O–H groups in total. The first-order valence-corrected chi connectivity index (χ1v) is 7.07. The van der Waals surface area contributed by atoms with Crippen LogP contribution in [0.5, 0.6) is 0 Å². The Morgan fingerprint density at radius 2 is 2.00 bits per heavy atom. The largest absolute Gasteiger partial charge is 0.383 e. The van der Waals surface area contributed by atoms with Crippen LogP contribution in [-0.2, 0) is 11.3 Å². The van der Waals surface area contributed by atoms with Crippen LogP contribution in [0.25, 0.3) is 0 Å². The van der Waals surface area contributed by atoms with Crippen molar-refractivity contribution in [2.75, 3.05) is 25.7 Å². The molecule has 0 aliphatic carbocycles. The first-order chi connectivity index (χ1) is 8.97. The molecular weight excluding hydrogens is 260 g/mol. The summed E-state index contributed by atoms with van der Waals surface area (Å²) in [7, 11) is 3.78. The molecule has 0 fully saturated rings. The Bertz CT molecular complexity index is 396. The average molecular weight is 285 g/mol. The van der Waals surface area contributed by atoms with Crippen molar-refractivity contribution in [2.45, 2.75) is 39.4 Å². The summed E-state index contributed by atoms with van der Waals surface area (Å²) in [5.74, 6) is 0. The molecule has 0 bridgehead atoms. The smallest absolute Gasteiger partial charge is 0.0663 e. The van der Waals surface area contributed by atoms with Crippen molar-refractivity contribution in [1.82, 2.24) is 5.32 Å². The van der Waals surface area contributed by atoms with Crippen LogP contribution < -0.4 is 10.2 Å². The maximum atomic E-state index is 6.37. The standard InChI is InChI=1S/C15H25ClN2O/c1-11(2)17-9-13-7-6-8-14(16)15(13)18(4)12(3)10-19-5/h6-8,11-12,17H,9-10H2,1-5H3. The third-order valence-corrected chi connectivity index (χ3v) is 3.50. The highest BCUT2D eigenvalue weighted by atomic mass is 35.5. The first kappa shape index (κ1) is 16.3. The molecule has 0 saturated carbocycles. The van der Waals surface area contributed by atoms with Crippen LogP contribution >= 0.6 is 11.6 Å². The topological polar surface area (TPSA) is 24.5 Å². The lowest BCUT2D eigenvalue weighted by molar-refractivity contribution is 0.183. The lowest BCUT2D eigenvalue weighted by Gasteiger charge is -2.29. The number of nitrogens with one attached hydrogen (secondary N) is 1. The fourth-order valence-corrected chi connectivity index (χ4v) is 2.31. The molecule has 0 spiro atoms. The lowest BCUT2D eigenvalue weighted by atomic mass is 10.1. The number of ether oxygens (including phenoxy) is 1. The summed E-state index contributed by atoms with van der Waals surface area (Å²) in [5, 5.41) is 4.22. The molecule has 0 amide bonds. The Morgan fingerprint density at radius 3 is 2.58 bits per heavy atom. The molecule has 0 heterocycles. The van der Waals surface area contributed by atoms with E-state index in [1.54, 1.807) is 7.11 Å². The van der Waals surface area contributed by atoms with E-state index in [1.165, 1.54) is 5.56 Å². The van der Waals surface area contributed by atoms with Crippen molar-refractivity contribution >= 4 is 17.3 Å². The van der Waals surface area contributed by atoms with Gasteiger partial charge in [0.25, 0.3) is 0 Å². The number of benzene rings is 1. The highest BCUT2D eigenvalue weighted by Crippen LogP contribution is 2.30. The van der Waals surface area contributed by atoms with E-state index in [0.29, 0.717) is 12.6 Å². The van der Waals surface area contributed by atoms with Crippen molar-refractivity contribution in [3.05, 3.63) is 28.8 Å². The maximum absolute atomic E-state index is 6.37. The van der Waals surface area contributed by atoms with E-state index in [9.17, 15) is 0 Å². The predicted molar refractivity (Wildman–Crippen MR) is 83.2 cm³/mol. The minimum absolute atomic E-state index is 0.280. The normalized spacial score (nSPS) is 12.8. The summed E-state index contributed by atoms with van der Waals surface area (Å²) in [6.45, 7) is 7.91. The molecule has 0 radical (unpaired) electrons. The third kappa shape index (κ3) is 4.68. The number of hydrogen-bond donors (Lipinski definition) is 1. The van der Waals surface area contributed by atoms with Crippen molar-refractivity contribution in [3.8, 4) is 0 Å². The zero-order valence-electron chi connectivity index (χ0n) is 12.5. The van der Waals surface area contributed by atoms with Gasteiger partial charge in [-0.05, 0) is 18.6 Å². The number of para-hydroxylation sites is 1. The lowest BCUT2D eigenvalue weighted by Crippen LogP contribution is -2.34. The molecule has 1 atom stereocenters. The highest BCUT2D eigenvalue weighted by Gasteiger charge is 2.16. The van der Waals surface area contributed by atoms with Crippen molar-refractivity contribution in [3.63, 3.8) is 0 Å². The van der Waals surface area contributed by atoms with Crippen molar-refractivity contribution in [1.29, 1.82) is 0 Å². The van der Waals surface area contributed by atoms with Gasteiger partial charge >= 0.3 is 0 Å². The molecule has 108 valence electrons. The molecule has 19 heavy (non-hydrogen) atoms. The number of methoxy groups -OCH3 is 1. The fourth-order valence-electron chi connectivity index (χ4n) is 1.99. The second kappa shape index (κ2) is 7.73. The zero-order valence-corrected chi connectivity index (χ0v) is 13.3. The minimum atomic E-state index is 0.280. The van der Waals surface area contributed by atoms with E-state index in [0.717, 1.165) is 17.3 Å². The Labute approximate surface area is 121 Å². The molecule has 0 aliphatic rings. The summed E-state index contributed by atoms with van der Waals surface area (Å²) in [6.07, 6.45) is 0. The van der Waals surface area contributed by atoms with Gasteiger partial charge in [-0.15, -0.1) is 0 Å². The summed E-state index contributed by atoms with van der Waals surface area (Å²) in [6, 6.07) is 6.78. The van der Waals surface area contributed by atoms with Crippen LogP contribution in [0.15, 0.2) is 18.2 Å². The molecule has 0 aromatic heterocycles. The molecular formula is C15H25ClN2O. The first-order valence-electron chi connectivity index (χ1n) is 6.70. The summed E-state index contributed by atoms with van der Waals surface area (Å²) >= 11 is 6.37. The monoisotopic (exact) mass is 284 g/mol. The molecule has 1 unspecified atom stereocenters. The Kier molecular flexibility index (Phi) is 6.63. The van der Waals surface area contributed by atoms with E-state index < -0.39 is 0 Å². The molecule has 0 aliphatic heterocycles. The number of halogens is 1. The van der Waals surface area contributed by atoms with E-state index in [4.69, 9.17) is 16.3 Å². The van der Waals surface area contributed by atoms with E-state index >= 15 is 0 Å². The number of likely N-dealkylation sites (N-methyl/N-ethyl adjacent to an activating group) is 1. The summed E-state index contributed by atoms with van der Waals surface area (Å²) < 4.78 is 5.22. The van der Waals surface area contributed by atoms with Crippen LogP contribution in [0, 0.1) is 0 Å². The van der Waals surface area contributed by atoms with Gasteiger partial charge in [-0.2, -0.15) is 0 Å². The maximum Gasteiger partial charge on any atom is 0.0663 e. The fraction of sp³-hybridized carbons (Fsp3) is 0.600. The van der Waals surface area contributed by atoms with Gasteiger partial charge in [-0.3, -0.25) is 0 Å². The number of rotatable bonds is 7. The highest BCUT2D eigenvalue weighted by molar-refractivity contribution is 6.33. The second-order valence-electron chi connectivity index (χ2n) is 5.20. The Balaban J connectivity index is 2.96. The number of hydrogen-bond acceptors (Lipinski definition) is 3. The van der Waals surface area contributed by atoms with Crippen LogP contribution in [0.1, 0.15) is 26.3 Å². The van der Waals surface area contributed by atoms with Gasteiger partial charge in [0.15, 0.2) is 0 Å². The van der Waals surface area contributed by atoms with Gasteiger partial charge < -0.3 is 15.0 Å². The van der Waals surface area contributed by atoms with E-state index in [1.807, 2.05) is 12.1 Å². The predicted octanol–water partition coefficient (Wildman–Crippen LogP) is 3.31. The van der Waals surface area contributed by atoms with Gasteiger partial charge in [0.05, 0.1) is 17.3 Å². The van der Waals surface area contributed by atoms with Gasteiger partial charge in [0, 0.05) is 32.8 Å². The molecule has 1 rings (SSSR count). The SMILES string of the molecule is COCC(C)N(C)c1c(Cl)cccc1CNC(C)C. The zero-order chi connectivity index (χ0) is 14.4. The van der Waals surface area contributed by atoms with Crippen molar-refractivity contribution < 1.29 is 4.74 Å².